The lowest BCUT2D eigenvalue weighted by molar-refractivity contribution is 0.103. The van der Waals surface area contributed by atoms with E-state index in [0.717, 1.165) is 44.5 Å². The van der Waals surface area contributed by atoms with E-state index in [1.165, 1.54) is 24.3 Å². The first-order valence-electron chi connectivity index (χ1n) is 29.5. The number of aryl methyl sites for hydroxylation is 4. The van der Waals surface area contributed by atoms with Gasteiger partial charge in [0.25, 0.3) is 0 Å². The summed E-state index contributed by atoms with van der Waals surface area (Å²) in [6, 6.07) is 71.9. The highest BCUT2D eigenvalue weighted by Crippen LogP contribution is 2.79. The van der Waals surface area contributed by atoms with Gasteiger partial charge in [0.1, 0.15) is 34.5 Å². The summed E-state index contributed by atoms with van der Waals surface area (Å²) in [5, 5.41) is 0. The Hall–Kier alpha value is -10.7. The smallest absolute Gasteiger partial charge is 0.413 e. The maximum absolute atomic E-state index is 13.8. The van der Waals surface area contributed by atoms with Crippen LogP contribution < -0.4 is 27.1 Å². The molecule has 0 amide bonds. The normalized spacial score (nSPS) is 14.1. The number of allylic oxidation sites excluding steroid dienone is 4. The second-order valence-corrected chi connectivity index (χ2v) is 28.0. The predicted octanol–water partition coefficient (Wildman–Crippen LogP) is 21.1. The molecule has 16 heteroatoms. The lowest BCUT2D eigenvalue weighted by atomic mass is 10.0. The number of fused-ring (bicyclic) bond motifs is 3. The SMILES string of the molecule is Cc1ccc(/C=C/C(=O)c2ccc(OP3(Oc4ccc(C(=O)/C=C/c5ccc(C)cc5)cc4)=NP(Oc4ccc(C(=O)/C=C/c5ccc(C)cc5)cc4)(Oc4ccc(C(=O)/C=C/c5ccc(C)cc5)cc4)=NP4(=N3)Oc3ccccc3-c3ccccc3O4)cc2)cc1. The number of nitrogens with zero attached hydrogens (tertiary/aromatic N) is 3. The fourth-order valence-corrected chi connectivity index (χ4v) is 18.7. The van der Waals surface area contributed by atoms with Gasteiger partial charge < -0.3 is 27.1 Å². The maximum atomic E-state index is 13.8. The summed E-state index contributed by atoms with van der Waals surface area (Å²) in [5.74, 6) is 0.315. The molecule has 12 rings (SSSR count). The van der Waals surface area contributed by atoms with Crippen LogP contribution in [-0.4, -0.2) is 23.1 Å². The van der Waals surface area contributed by atoms with Gasteiger partial charge in [-0.3, -0.25) is 19.2 Å². The minimum absolute atomic E-state index is 0.162. The first kappa shape index (κ1) is 61.6. The zero-order valence-electron chi connectivity index (χ0n) is 50.5. The molecule has 0 fully saturated rings. The fraction of sp³-hybridized carbons (Fsp3) is 0.0526. The molecule has 2 aliphatic heterocycles. The lowest BCUT2D eigenvalue weighted by Crippen LogP contribution is -2.11. The molecule has 0 saturated carbocycles. The van der Waals surface area contributed by atoms with Crippen molar-refractivity contribution in [2.24, 2.45) is 13.5 Å². The Bertz CT molecular complexity index is 4220. The Morgan fingerprint density at radius 2 is 0.554 bits per heavy atom. The Balaban J connectivity index is 1.02. The van der Waals surface area contributed by atoms with Gasteiger partial charge in [-0.15, -0.1) is 0 Å². The van der Waals surface area contributed by atoms with Crippen LogP contribution in [0.1, 0.15) is 85.9 Å². The molecular formula is C76H60N3O10P3. The highest BCUT2D eigenvalue weighted by atomic mass is 31.3. The van der Waals surface area contributed by atoms with E-state index >= 15 is 0 Å². The van der Waals surface area contributed by atoms with E-state index in [1.807, 2.05) is 161 Å². The molecule has 0 saturated heterocycles. The average Bonchev–Trinajstić information content (AvgIpc) is 1.13. The molecule has 0 N–H and O–H groups in total. The van der Waals surface area contributed by atoms with Gasteiger partial charge in [-0.1, -0.05) is 194 Å². The summed E-state index contributed by atoms with van der Waals surface area (Å²) < 4.78 is 58.9. The summed E-state index contributed by atoms with van der Waals surface area (Å²) in [6.45, 7) is 7.99. The van der Waals surface area contributed by atoms with Crippen LogP contribution in [-0.2, 0) is 0 Å². The molecule has 2 aliphatic rings. The Labute approximate surface area is 534 Å². The molecule has 454 valence electrons. The van der Waals surface area contributed by atoms with Crippen LogP contribution in [0.5, 0.6) is 34.5 Å². The van der Waals surface area contributed by atoms with Crippen LogP contribution in [0.15, 0.2) is 281 Å². The van der Waals surface area contributed by atoms with Crippen molar-refractivity contribution in [3.05, 3.63) is 334 Å². The van der Waals surface area contributed by atoms with Gasteiger partial charge in [0.05, 0.1) is 0 Å². The van der Waals surface area contributed by atoms with E-state index in [4.69, 9.17) is 40.7 Å². The van der Waals surface area contributed by atoms with E-state index in [-0.39, 0.29) is 46.1 Å². The third-order valence-electron chi connectivity index (χ3n) is 14.6. The second-order valence-electron chi connectivity index (χ2n) is 21.8. The van der Waals surface area contributed by atoms with Crippen molar-refractivity contribution in [2.75, 3.05) is 0 Å². The van der Waals surface area contributed by atoms with Crippen LogP contribution in [0.2, 0.25) is 0 Å². The minimum atomic E-state index is -4.50. The van der Waals surface area contributed by atoms with Crippen LogP contribution in [0.25, 0.3) is 35.4 Å². The van der Waals surface area contributed by atoms with Crippen molar-refractivity contribution in [3.8, 4) is 45.6 Å². The molecule has 92 heavy (non-hydrogen) atoms. The minimum Gasteiger partial charge on any atom is -0.413 e. The number of hydrogen-bond acceptors (Lipinski definition) is 13. The Kier molecular flexibility index (Phi) is 18.2. The summed E-state index contributed by atoms with van der Waals surface area (Å²) in [7, 11) is -13.3. The van der Waals surface area contributed by atoms with Crippen LogP contribution >= 0.6 is 23.0 Å². The predicted molar refractivity (Wildman–Crippen MR) is 368 cm³/mol. The highest BCUT2D eigenvalue weighted by Gasteiger charge is 2.50. The highest BCUT2D eigenvalue weighted by molar-refractivity contribution is 7.79. The van der Waals surface area contributed by atoms with Gasteiger partial charge in [-0.2, -0.15) is 0 Å². The molecule has 0 atom stereocenters. The van der Waals surface area contributed by atoms with E-state index < -0.39 is 23.0 Å². The van der Waals surface area contributed by atoms with Gasteiger partial charge in [0.2, 0.25) is 0 Å². The third kappa shape index (κ3) is 15.1. The number of carbonyl (C=O) groups excluding carboxylic acids is 4. The monoisotopic (exact) mass is 1270 g/mol. The van der Waals surface area contributed by atoms with Crippen molar-refractivity contribution < 1.29 is 46.3 Å². The van der Waals surface area contributed by atoms with Crippen molar-refractivity contribution >= 4 is 70.4 Å². The molecule has 0 aromatic heterocycles. The van der Waals surface area contributed by atoms with Crippen molar-refractivity contribution in [2.45, 2.75) is 27.7 Å². The van der Waals surface area contributed by atoms with Crippen molar-refractivity contribution in [3.63, 3.8) is 0 Å². The quantitative estimate of drug-likeness (QED) is 0.0408. The Morgan fingerprint density at radius 3 is 0.826 bits per heavy atom. The molecule has 13 nitrogen and oxygen atoms in total. The summed E-state index contributed by atoms with van der Waals surface area (Å²) in [6.07, 6.45) is 13.0. The molecule has 2 heterocycles. The molecule has 1 spiro atoms. The number of rotatable bonds is 20. The fourth-order valence-electron chi connectivity index (χ4n) is 9.60. The van der Waals surface area contributed by atoms with E-state index in [2.05, 4.69) is 0 Å². The summed E-state index contributed by atoms with van der Waals surface area (Å²) in [4.78, 5) is 55.0. The largest absolute Gasteiger partial charge is 0.460 e. The number of hydrogen-bond donors (Lipinski definition) is 0. The molecule has 0 bridgehead atoms. The number of para-hydroxylation sites is 2. The van der Waals surface area contributed by atoms with Crippen molar-refractivity contribution in [1.82, 2.24) is 0 Å². The number of ketones is 4. The first-order valence-corrected chi connectivity index (χ1v) is 34.0. The molecule has 0 aliphatic carbocycles. The first-order chi connectivity index (χ1) is 44.6. The average molecular weight is 1270 g/mol. The number of benzene rings is 10. The van der Waals surface area contributed by atoms with Gasteiger partial charge in [-0.25, -0.2) is 0 Å². The zero-order valence-corrected chi connectivity index (χ0v) is 53.2. The molecule has 10 aromatic rings. The molecule has 10 aromatic carbocycles. The number of carbonyl (C=O) groups is 4. The van der Waals surface area contributed by atoms with E-state index in [0.29, 0.717) is 44.9 Å². The molecule has 0 radical (unpaired) electrons. The Morgan fingerprint density at radius 1 is 0.304 bits per heavy atom. The maximum Gasteiger partial charge on any atom is 0.460 e. The summed E-state index contributed by atoms with van der Waals surface area (Å²) in [5.41, 5.74) is 10.6. The van der Waals surface area contributed by atoms with Gasteiger partial charge in [-0.05, 0) is 183 Å². The standard InChI is InChI=1S/C76H60N3O10P3/c1-53-13-21-57(22-14-53)29-49-71(80)61-33-41-65(42-34-61)84-90(85-66-43-35-62(36-44-66)72(81)50-30-58-23-15-54(2)16-24-58)77-91(86-67-45-37-63(38-46-67)73(82)51-31-59-25-17-55(3)18-26-59,87-68-47-39-64(40-48-68)74(83)52-32-60-27-19-56(4)20-28-60)79-92(78-90)88-75-11-7-5-9-69(75)70-10-6-8-12-76(70)89-92/h5-52H,1-4H3/b49-29+,50-30+,51-31+,52-32+. The van der Waals surface area contributed by atoms with Crippen LogP contribution in [0.4, 0.5) is 0 Å². The lowest BCUT2D eigenvalue weighted by Gasteiger charge is -2.32. The van der Waals surface area contributed by atoms with E-state index in [9.17, 15) is 19.2 Å². The second kappa shape index (κ2) is 27.2. The van der Waals surface area contributed by atoms with Crippen molar-refractivity contribution in [1.29, 1.82) is 0 Å². The van der Waals surface area contributed by atoms with Crippen LogP contribution in [0, 0.1) is 27.7 Å². The van der Waals surface area contributed by atoms with Gasteiger partial charge in [0.15, 0.2) is 23.1 Å². The molecular weight excluding hydrogens is 1210 g/mol. The molecule has 0 unspecified atom stereocenters. The summed E-state index contributed by atoms with van der Waals surface area (Å²) >= 11 is 0. The topological polar surface area (TPSA) is 161 Å². The van der Waals surface area contributed by atoms with E-state index in [1.54, 1.807) is 133 Å². The van der Waals surface area contributed by atoms with Crippen LogP contribution in [0.3, 0.4) is 0 Å². The van der Waals surface area contributed by atoms with Gasteiger partial charge >= 0.3 is 23.0 Å². The van der Waals surface area contributed by atoms with Gasteiger partial charge in [0, 0.05) is 33.4 Å². The zero-order chi connectivity index (χ0) is 63.7. The third-order valence-corrected chi connectivity index (χ3v) is 22.7.